The summed E-state index contributed by atoms with van der Waals surface area (Å²) in [4.78, 5) is 16.0. The number of sulfonamides is 1. The maximum atomic E-state index is 12.7. The second-order valence-electron chi connectivity index (χ2n) is 7.74. The molecule has 0 spiro atoms. The Hall–Kier alpha value is -2.22. The Morgan fingerprint density at radius 2 is 1.69 bits per heavy atom. The van der Waals surface area contributed by atoms with Crippen molar-refractivity contribution < 1.29 is 18.1 Å². The van der Waals surface area contributed by atoms with Gasteiger partial charge in [-0.15, -0.1) is 0 Å². The second-order valence-corrected chi connectivity index (χ2v) is 9.45. The average Bonchev–Trinajstić information content (AvgIpc) is 2.73. The zero-order chi connectivity index (χ0) is 20.9. The van der Waals surface area contributed by atoms with E-state index in [1.54, 1.807) is 24.3 Å². The van der Waals surface area contributed by atoms with Crippen molar-refractivity contribution in [3.8, 4) is 0 Å². The Labute approximate surface area is 173 Å². The van der Waals surface area contributed by atoms with E-state index in [0.29, 0.717) is 12.8 Å². The monoisotopic (exact) mass is 416 g/mol. The Kier molecular flexibility index (Phi) is 7.05. The van der Waals surface area contributed by atoms with Gasteiger partial charge in [-0.1, -0.05) is 42.5 Å². The van der Waals surface area contributed by atoms with E-state index in [2.05, 4.69) is 11.8 Å². The molecule has 1 aliphatic heterocycles. The van der Waals surface area contributed by atoms with Gasteiger partial charge in [0.25, 0.3) is 0 Å². The largest absolute Gasteiger partial charge is 0.334 e. The molecule has 1 amide bonds. The van der Waals surface area contributed by atoms with Crippen LogP contribution >= 0.6 is 0 Å². The molecule has 156 valence electrons. The van der Waals surface area contributed by atoms with Gasteiger partial charge in [-0.25, -0.2) is 13.1 Å². The highest BCUT2D eigenvalue weighted by molar-refractivity contribution is 7.89. The highest BCUT2D eigenvalue weighted by Gasteiger charge is 2.21. The number of aryl methyl sites for hydroxylation is 1. The number of piperazine rings is 1. The SMILES string of the molecule is C[C@@H](NS(=O)(=O)c1ccc(CCC(=O)N2CC[NH+](C)CC2)cc1)c1ccccc1. The van der Waals surface area contributed by atoms with Crippen LogP contribution in [0.5, 0.6) is 0 Å². The number of nitrogens with one attached hydrogen (secondary N) is 2. The Morgan fingerprint density at radius 3 is 2.31 bits per heavy atom. The van der Waals surface area contributed by atoms with Crippen LogP contribution in [0.1, 0.15) is 30.5 Å². The first-order valence-corrected chi connectivity index (χ1v) is 11.6. The van der Waals surface area contributed by atoms with Crippen LogP contribution in [0, 0.1) is 0 Å². The van der Waals surface area contributed by atoms with Crippen molar-refractivity contribution in [2.75, 3.05) is 33.2 Å². The molecule has 0 radical (unpaired) electrons. The van der Waals surface area contributed by atoms with Gasteiger partial charge in [-0.3, -0.25) is 4.79 Å². The summed E-state index contributed by atoms with van der Waals surface area (Å²) in [6.45, 7) is 5.44. The first-order chi connectivity index (χ1) is 13.8. The minimum absolute atomic E-state index is 0.174. The van der Waals surface area contributed by atoms with E-state index in [-0.39, 0.29) is 16.8 Å². The van der Waals surface area contributed by atoms with Crippen molar-refractivity contribution >= 4 is 15.9 Å². The summed E-state index contributed by atoms with van der Waals surface area (Å²) in [6, 6.07) is 16.0. The molecule has 2 N–H and O–H groups in total. The molecule has 0 bridgehead atoms. The number of carbonyl (C=O) groups excluding carboxylic acids is 1. The summed E-state index contributed by atoms with van der Waals surface area (Å²) in [5.74, 6) is 0.174. The van der Waals surface area contributed by atoms with Crippen LogP contribution in [0.25, 0.3) is 0 Å². The number of nitrogens with zero attached hydrogens (tertiary/aromatic N) is 1. The number of likely N-dealkylation sites (N-methyl/N-ethyl adjacent to an activating group) is 1. The molecule has 29 heavy (non-hydrogen) atoms. The van der Waals surface area contributed by atoms with Crippen molar-refractivity contribution in [3.63, 3.8) is 0 Å². The maximum Gasteiger partial charge on any atom is 0.241 e. The molecule has 6 nitrogen and oxygen atoms in total. The molecular weight excluding hydrogens is 386 g/mol. The molecule has 0 saturated carbocycles. The molecule has 2 aromatic carbocycles. The fraction of sp³-hybridized carbons (Fsp3) is 0.409. The quantitative estimate of drug-likeness (QED) is 0.708. The van der Waals surface area contributed by atoms with Crippen molar-refractivity contribution in [2.45, 2.75) is 30.7 Å². The van der Waals surface area contributed by atoms with E-state index < -0.39 is 10.0 Å². The fourth-order valence-corrected chi connectivity index (χ4v) is 4.73. The lowest BCUT2D eigenvalue weighted by Gasteiger charge is -2.30. The zero-order valence-corrected chi connectivity index (χ0v) is 17.9. The number of quaternary nitrogens is 1. The topological polar surface area (TPSA) is 70.9 Å². The molecule has 1 aliphatic rings. The summed E-state index contributed by atoms with van der Waals surface area (Å²) in [5, 5.41) is 0. The Morgan fingerprint density at radius 1 is 1.07 bits per heavy atom. The number of carbonyl (C=O) groups is 1. The Bertz CT molecular complexity index is 906. The fourth-order valence-electron chi connectivity index (χ4n) is 3.49. The van der Waals surface area contributed by atoms with Crippen LogP contribution in [0.2, 0.25) is 0 Å². The number of hydrogen-bond donors (Lipinski definition) is 2. The Balaban J connectivity index is 1.55. The van der Waals surface area contributed by atoms with Crippen molar-refractivity contribution in [3.05, 3.63) is 65.7 Å². The molecule has 0 aromatic heterocycles. The van der Waals surface area contributed by atoms with E-state index in [1.807, 2.05) is 42.2 Å². The molecule has 1 heterocycles. The van der Waals surface area contributed by atoms with Crippen molar-refractivity contribution in [2.24, 2.45) is 0 Å². The van der Waals surface area contributed by atoms with E-state index >= 15 is 0 Å². The van der Waals surface area contributed by atoms with Crippen LogP contribution in [0.4, 0.5) is 0 Å². The van der Waals surface area contributed by atoms with E-state index in [9.17, 15) is 13.2 Å². The van der Waals surface area contributed by atoms with Gasteiger partial charge in [0.15, 0.2) is 0 Å². The third-order valence-electron chi connectivity index (χ3n) is 5.46. The number of benzene rings is 2. The molecule has 1 fully saturated rings. The lowest BCUT2D eigenvalue weighted by molar-refractivity contribution is -0.883. The smallest absolute Gasteiger partial charge is 0.241 e. The molecular formula is C22H30N3O3S+. The molecule has 7 heteroatoms. The first kappa shape index (κ1) is 21.5. The molecule has 1 saturated heterocycles. The van der Waals surface area contributed by atoms with Crippen LogP contribution in [-0.4, -0.2) is 52.5 Å². The van der Waals surface area contributed by atoms with E-state index in [0.717, 1.165) is 37.3 Å². The maximum absolute atomic E-state index is 12.7. The van der Waals surface area contributed by atoms with Gasteiger partial charge >= 0.3 is 0 Å². The summed E-state index contributed by atoms with van der Waals surface area (Å²) in [6.07, 6.45) is 1.07. The van der Waals surface area contributed by atoms with Crippen LogP contribution < -0.4 is 9.62 Å². The molecule has 0 unspecified atom stereocenters. The third-order valence-corrected chi connectivity index (χ3v) is 7.02. The van der Waals surface area contributed by atoms with E-state index in [1.165, 1.54) is 4.90 Å². The second kappa shape index (κ2) is 9.52. The highest BCUT2D eigenvalue weighted by Crippen LogP contribution is 2.18. The third kappa shape index (κ3) is 5.88. The van der Waals surface area contributed by atoms with Gasteiger partial charge in [0.1, 0.15) is 0 Å². The lowest BCUT2D eigenvalue weighted by Crippen LogP contribution is -3.12. The number of amides is 1. The summed E-state index contributed by atoms with van der Waals surface area (Å²) in [5.41, 5.74) is 1.88. The molecule has 0 aliphatic carbocycles. The van der Waals surface area contributed by atoms with Gasteiger partial charge < -0.3 is 9.80 Å². The minimum Gasteiger partial charge on any atom is -0.334 e. The van der Waals surface area contributed by atoms with Crippen molar-refractivity contribution in [1.29, 1.82) is 0 Å². The number of hydrogen-bond acceptors (Lipinski definition) is 3. The predicted octanol–water partition coefficient (Wildman–Crippen LogP) is 1.02. The first-order valence-electron chi connectivity index (χ1n) is 10.1. The normalized spacial score (nSPS) is 16.6. The van der Waals surface area contributed by atoms with Gasteiger partial charge in [0.05, 0.1) is 38.1 Å². The standard InChI is InChI=1S/C22H29N3O3S/c1-18(20-6-4-3-5-7-20)23-29(27,28)21-11-8-19(9-12-21)10-13-22(26)25-16-14-24(2)15-17-25/h3-9,11-12,18,23H,10,13-17H2,1-2H3/p+1/t18-/m1/s1. The van der Waals surface area contributed by atoms with Gasteiger partial charge in [0.2, 0.25) is 15.9 Å². The van der Waals surface area contributed by atoms with Gasteiger partial charge in [-0.2, -0.15) is 0 Å². The minimum atomic E-state index is -3.61. The van der Waals surface area contributed by atoms with Crippen molar-refractivity contribution in [1.82, 2.24) is 9.62 Å². The predicted molar refractivity (Wildman–Crippen MR) is 113 cm³/mol. The van der Waals surface area contributed by atoms with Gasteiger partial charge in [0, 0.05) is 12.5 Å². The lowest BCUT2D eigenvalue weighted by atomic mass is 10.1. The van der Waals surface area contributed by atoms with Crippen LogP contribution in [0.15, 0.2) is 59.5 Å². The molecule has 2 aromatic rings. The van der Waals surface area contributed by atoms with Gasteiger partial charge in [-0.05, 0) is 36.6 Å². The summed E-state index contributed by atoms with van der Waals surface area (Å²) >= 11 is 0. The average molecular weight is 417 g/mol. The van der Waals surface area contributed by atoms with Crippen LogP contribution in [0.3, 0.4) is 0 Å². The molecule has 3 rings (SSSR count). The number of rotatable bonds is 7. The highest BCUT2D eigenvalue weighted by atomic mass is 32.2. The van der Waals surface area contributed by atoms with Crippen LogP contribution in [-0.2, 0) is 21.2 Å². The molecule has 1 atom stereocenters. The summed E-state index contributed by atoms with van der Waals surface area (Å²) < 4.78 is 28.0. The summed E-state index contributed by atoms with van der Waals surface area (Å²) in [7, 11) is -1.46. The van der Waals surface area contributed by atoms with E-state index in [4.69, 9.17) is 0 Å². The zero-order valence-electron chi connectivity index (χ0n) is 17.1.